The molecule has 0 aliphatic heterocycles. The second-order valence-corrected chi connectivity index (χ2v) is 9.59. The fraction of sp³-hybridized carbons (Fsp3) is 0.600. The molecule has 2 unspecified atom stereocenters. The van der Waals surface area contributed by atoms with E-state index >= 15 is 0 Å². The van der Waals surface area contributed by atoms with E-state index in [1.807, 2.05) is 18.2 Å². The van der Waals surface area contributed by atoms with Crippen molar-refractivity contribution in [3.63, 3.8) is 0 Å². The van der Waals surface area contributed by atoms with Crippen molar-refractivity contribution in [2.75, 3.05) is 7.11 Å². The second-order valence-electron chi connectivity index (χ2n) is 9.59. The maximum Gasteiger partial charge on any atom is 0.351 e. The quantitative estimate of drug-likeness (QED) is 0.466. The van der Waals surface area contributed by atoms with Crippen LogP contribution in [-0.4, -0.2) is 19.0 Å². The molecule has 1 saturated carbocycles. The summed E-state index contributed by atoms with van der Waals surface area (Å²) >= 11 is 0. The van der Waals surface area contributed by atoms with Gasteiger partial charge < -0.3 is 9.47 Å². The van der Waals surface area contributed by atoms with Gasteiger partial charge in [-0.05, 0) is 49.4 Å². The first-order chi connectivity index (χ1) is 13.7. The fourth-order valence-corrected chi connectivity index (χ4v) is 5.85. The number of allylic oxidation sites excluding steroid dienone is 1. The van der Waals surface area contributed by atoms with Gasteiger partial charge in [-0.2, -0.15) is 0 Å². The maximum absolute atomic E-state index is 13.0. The third-order valence-electron chi connectivity index (χ3n) is 7.33. The minimum Gasteiger partial charge on any atom is -0.466 e. The molecule has 4 heteroatoms. The number of carbonyl (C=O) groups excluding carboxylic acids is 2. The fourth-order valence-electron chi connectivity index (χ4n) is 5.85. The molecule has 0 saturated heterocycles. The lowest BCUT2D eigenvalue weighted by Crippen LogP contribution is -2.46. The Balaban J connectivity index is 1.82. The molecule has 0 heterocycles. The lowest BCUT2D eigenvalue weighted by molar-refractivity contribution is -0.166. The van der Waals surface area contributed by atoms with Crippen LogP contribution in [0.2, 0.25) is 0 Å². The van der Waals surface area contributed by atoms with Gasteiger partial charge in [0.15, 0.2) is 0 Å². The second kappa shape index (κ2) is 8.33. The van der Waals surface area contributed by atoms with E-state index in [4.69, 9.17) is 9.47 Å². The highest BCUT2D eigenvalue weighted by Crippen LogP contribution is 2.60. The molecule has 1 fully saturated rings. The normalized spacial score (nSPS) is 27.0. The van der Waals surface area contributed by atoms with Crippen LogP contribution in [0.3, 0.4) is 0 Å². The van der Waals surface area contributed by atoms with Crippen LogP contribution in [0.1, 0.15) is 77.9 Å². The third kappa shape index (κ3) is 4.26. The van der Waals surface area contributed by atoms with Crippen molar-refractivity contribution >= 4 is 11.9 Å². The number of ether oxygens (including phenoxy) is 2. The van der Waals surface area contributed by atoms with Crippen LogP contribution in [0.4, 0.5) is 0 Å². The summed E-state index contributed by atoms with van der Waals surface area (Å²) in [6.07, 6.45) is 4.97. The summed E-state index contributed by atoms with van der Waals surface area (Å²) < 4.78 is 10.6. The van der Waals surface area contributed by atoms with E-state index in [1.54, 1.807) is 12.1 Å². The van der Waals surface area contributed by atoms with Crippen LogP contribution in [0.25, 0.3) is 0 Å². The van der Waals surface area contributed by atoms with Gasteiger partial charge in [-0.15, -0.1) is 0 Å². The highest BCUT2D eigenvalue weighted by molar-refractivity contribution is 5.81. The van der Waals surface area contributed by atoms with Crippen molar-refractivity contribution in [2.45, 2.75) is 72.3 Å². The van der Waals surface area contributed by atoms with E-state index in [1.165, 1.54) is 37.5 Å². The van der Waals surface area contributed by atoms with Crippen LogP contribution in [-0.2, 0) is 19.1 Å². The predicted molar refractivity (Wildman–Crippen MR) is 113 cm³/mol. The van der Waals surface area contributed by atoms with E-state index in [0.29, 0.717) is 11.5 Å². The topological polar surface area (TPSA) is 52.6 Å². The van der Waals surface area contributed by atoms with Crippen LogP contribution >= 0.6 is 0 Å². The third-order valence-corrected chi connectivity index (χ3v) is 7.33. The highest BCUT2D eigenvalue weighted by Gasteiger charge is 2.50. The number of benzene rings is 1. The van der Waals surface area contributed by atoms with Crippen molar-refractivity contribution in [3.05, 3.63) is 47.0 Å². The number of esters is 2. The molecule has 0 amide bonds. The number of hydrogen-bond acceptors (Lipinski definition) is 4. The summed E-state index contributed by atoms with van der Waals surface area (Å²) in [6.45, 7) is 9.22. The Morgan fingerprint density at radius 2 is 1.83 bits per heavy atom. The van der Waals surface area contributed by atoms with Gasteiger partial charge in [0.25, 0.3) is 0 Å². The van der Waals surface area contributed by atoms with E-state index in [2.05, 4.69) is 27.7 Å². The summed E-state index contributed by atoms with van der Waals surface area (Å²) in [5.41, 5.74) is 3.47. The van der Waals surface area contributed by atoms with Gasteiger partial charge in [-0.3, -0.25) is 4.79 Å². The standard InChI is InChI=1S/C25H34O4/c1-17-12-13-20-24(2,3)14-9-15-25(20,4)19(17)16-21(26)29-22(23(27)28-5)18-10-7-6-8-11-18/h6-8,10-11,20,22H,9,12-16H2,1-5H3/t20?,22?,25-/m1/s1. The van der Waals surface area contributed by atoms with Gasteiger partial charge in [-0.1, -0.05) is 68.7 Å². The lowest BCUT2D eigenvalue weighted by atomic mass is 9.50. The van der Waals surface area contributed by atoms with Gasteiger partial charge in [0.2, 0.25) is 6.10 Å². The van der Waals surface area contributed by atoms with Crippen LogP contribution in [0, 0.1) is 16.7 Å². The molecule has 1 aromatic carbocycles. The number of methoxy groups -OCH3 is 1. The molecule has 158 valence electrons. The van der Waals surface area contributed by atoms with E-state index in [-0.39, 0.29) is 23.2 Å². The van der Waals surface area contributed by atoms with Gasteiger partial charge in [0.1, 0.15) is 0 Å². The monoisotopic (exact) mass is 398 g/mol. The number of carbonyl (C=O) groups is 2. The van der Waals surface area contributed by atoms with Gasteiger partial charge in [-0.25, -0.2) is 4.79 Å². The minimum absolute atomic E-state index is 0.0244. The molecule has 0 radical (unpaired) electrons. The Kier molecular flexibility index (Phi) is 6.21. The summed E-state index contributed by atoms with van der Waals surface area (Å²) in [7, 11) is 1.32. The van der Waals surface area contributed by atoms with Gasteiger partial charge >= 0.3 is 11.9 Å². The van der Waals surface area contributed by atoms with Gasteiger partial charge in [0.05, 0.1) is 13.5 Å². The number of fused-ring (bicyclic) bond motifs is 1. The first-order valence-electron chi connectivity index (χ1n) is 10.7. The lowest BCUT2D eigenvalue weighted by Gasteiger charge is -2.55. The number of rotatable bonds is 5. The van der Waals surface area contributed by atoms with E-state index in [0.717, 1.165) is 12.8 Å². The molecule has 0 bridgehead atoms. The minimum atomic E-state index is -1.02. The summed E-state index contributed by atoms with van der Waals surface area (Å²) in [6, 6.07) is 9.06. The molecule has 0 aromatic heterocycles. The van der Waals surface area contributed by atoms with Crippen molar-refractivity contribution in [3.8, 4) is 0 Å². The zero-order valence-electron chi connectivity index (χ0n) is 18.4. The molecule has 2 aliphatic carbocycles. The zero-order valence-corrected chi connectivity index (χ0v) is 18.4. The summed E-state index contributed by atoms with van der Waals surface area (Å²) in [5, 5.41) is 0. The summed E-state index contributed by atoms with van der Waals surface area (Å²) in [4.78, 5) is 25.2. The maximum atomic E-state index is 13.0. The smallest absolute Gasteiger partial charge is 0.351 e. The average molecular weight is 399 g/mol. The molecule has 4 nitrogen and oxygen atoms in total. The van der Waals surface area contributed by atoms with Crippen molar-refractivity contribution in [1.82, 2.24) is 0 Å². The van der Waals surface area contributed by atoms with E-state index in [9.17, 15) is 9.59 Å². The Labute approximate surface area is 174 Å². The highest BCUT2D eigenvalue weighted by atomic mass is 16.6. The Bertz CT molecular complexity index is 792. The molecule has 1 aromatic rings. The molecule has 29 heavy (non-hydrogen) atoms. The van der Waals surface area contributed by atoms with Crippen molar-refractivity contribution < 1.29 is 19.1 Å². The van der Waals surface area contributed by atoms with Crippen LogP contribution < -0.4 is 0 Å². The van der Waals surface area contributed by atoms with Crippen LogP contribution in [0.15, 0.2) is 41.5 Å². The molecule has 3 atom stereocenters. The molecular formula is C25H34O4. The molecule has 0 N–H and O–H groups in total. The Morgan fingerprint density at radius 3 is 2.48 bits per heavy atom. The predicted octanol–water partition coefficient (Wildman–Crippen LogP) is 5.78. The van der Waals surface area contributed by atoms with Crippen molar-refractivity contribution in [2.24, 2.45) is 16.7 Å². The van der Waals surface area contributed by atoms with E-state index < -0.39 is 12.1 Å². The first-order valence-corrected chi connectivity index (χ1v) is 10.7. The molecule has 0 spiro atoms. The Hall–Kier alpha value is -2.10. The zero-order chi connectivity index (χ0) is 21.2. The molecule has 3 rings (SSSR count). The Morgan fingerprint density at radius 1 is 1.14 bits per heavy atom. The SMILES string of the molecule is COC(=O)C(OC(=O)CC1=C(C)CCC2C(C)(C)CCC[C@]12C)c1ccccc1. The summed E-state index contributed by atoms with van der Waals surface area (Å²) in [5.74, 6) is -0.341. The van der Waals surface area contributed by atoms with Gasteiger partial charge in [0, 0.05) is 5.56 Å². The first kappa shape index (κ1) is 21.6. The molecular weight excluding hydrogens is 364 g/mol. The average Bonchev–Trinajstić information content (AvgIpc) is 2.68. The molecule has 2 aliphatic rings. The largest absolute Gasteiger partial charge is 0.466 e. The van der Waals surface area contributed by atoms with Crippen LogP contribution in [0.5, 0.6) is 0 Å². The number of hydrogen-bond donors (Lipinski definition) is 0. The van der Waals surface area contributed by atoms with Crippen molar-refractivity contribution in [1.29, 1.82) is 0 Å².